The van der Waals surface area contributed by atoms with Crippen LogP contribution in [0, 0.1) is 11.3 Å². The maximum absolute atomic E-state index is 11.3. The molecule has 0 amide bonds. The SMILES string of the molecule is CC(=O)OC[C@H]1O[C@@H](C#N)[C@H](OC(C)=O)C(N=[N+]=[N-])[C@H]1OC(C)=O. The number of carbonyl (C=O) groups is 3. The van der Waals surface area contributed by atoms with Gasteiger partial charge in [0.25, 0.3) is 0 Å². The first kappa shape index (κ1) is 19.2. The lowest BCUT2D eigenvalue weighted by atomic mass is 9.93. The molecule has 0 spiro atoms. The monoisotopic (exact) mass is 340 g/mol. The Kier molecular flexibility index (Phi) is 6.98. The lowest BCUT2D eigenvalue weighted by Crippen LogP contribution is -2.60. The van der Waals surface area contributed by atoms with E-state index in [0.717, 1.165) is 20.8 Å². The summed E-state index contributed by atoms with van der Waals surface area (Å²) in [5.41, 5.74) is 8.75. The van der Waals surface area contributed by atoms with Gasteiger partial charge in [0.1, 0.15) is 24.9 Å². The minimum atomic E-state index is -1.29. The third-order valence-electron chi connectivity index (χ3n) is 3.03. The zero-order chi connectivity index (χ0) is 18.3. The van der Waals surface area contributed by atoms with Crippen molar-refractivity contribution in [2.24, 2.45) is 5.11 Å². The second kappa shape index (κ2) is 8.71. The lowest BCUT2D eigenvalue weighted by Gasteiger charge is -2.41. The van der Waals surface area contributed by atoms with Gasteiger partial charge >= 0.3 is 17.9 Å². The zero-order valence-electron chi connectivity index (χ0n) is 13.2. The summed E-state index contributed by atoms with van der Waals surface area (Å²) in [5.74, 6) is -2.07. The molecule has 0 bridgehead atoms. The number of esters is 3. The molecule has 1 unspecified atom stereocenters. The molecule has 1 fully saturated rings. The molecular weight excluding hydrogens is 324 g/mol. The maximum Gasteiger partial charge on any atom is 0.303 e. The smallest absolute Gasteiger partial charge is 0.303 e. The predicted octanol–water partition coefficient (Wildman–Crippen LogP) is 0.383. The van der Waals surface area contributed by atoms with Crippen molar-refractivity contribution >= 4 is 17.9 Å². The number of nitriles is 1. The van der Waals surface area contributed by atoms with Crippen molar-refractivity contribution in [1.29, 1.82) is 5.26 Å². The molecule has 0 radical (unpaired) electrons. The molecule has 0 saturated carbocycles. The number of azide groups is 1. The molecular formula is C13H16N4O7. The highest BCUT2D eigenvalue weighted by molar-refractivity contribution is 5.67. The van der Waals surface area contributed by atoms with Gasteiger partial charge in [0.2, 0.25) is 0 Å². The van der Waals surface area contributed by atoms with Gasteiger partial charge < -0.3 is 18.9 Å². The van der Waals surface area contributed by atoms with Crippen molar-refractivity contribution in [2.75, 3.05) is 6.61 Å². The van der Waals surface area contributed by atoms with E-state index in [0.29, 0.717) is 0 Å². The fraction of sp³-hybridized carbons (Fsp3) is 0.692. The number of hydrogen-bond acceptors (Lipinski definition) is 9. The van der Waals surface area contributed by atoms with E-state index in [-0.39, 0.29) is 6.61 Å². The van der Waals surface area contributed by atoms with Crippen LogP contribution in [-0.4, -0.2) is 55.0 Å². The molecule has 1 aliphatic rings. The van der Waals surface area contributed by atoms with Gasteiger partial charge in [-0.15, -0.1) is 0 Å². The summed E-state index contributed by atoms with van der Waals surface area (Å²) >= 11 is 0. The minimum absolute atomic E-state index is 0.338. The first-order chi connectivity index (χ1) is 11.3. The Labute approximate surface area is 137 Å². The fourth-order valence-electron chi connectivity index (χ4n) is 2.22. The Morgan fingerprint density at radius 2 is 1.75 bits per heavy atom. The second-order valence-electron chi connectivity index (χ2n) is 4.87. The summed E-state index contributed by atoms with van der Waals surface area (Å²) < 4.78 is 20.3. The molecule has 0 aliphatic carbocycles. The normalized spacial score (nSPS) is 28.7. The molecule has 24 heavy (non-hydrogen) atoms. The van der Waals surface area contributed by atoms with E-state index in [1.165, 1.54) is 0 Å². The van der Waals surface area contributed by atoms with Gasteiger partial charge in [0.05, 0.1) is 6.07 Å². The van der Waals surface area contributed by atoms with Gasteiger partial charge in [-0.05, 0) is 5.53 Å². The van der Waals surface area contributed by atoms with E-state index in [9.17, 15) is 19.6 Å². The molecule has 1 aliphatic heterocycles. The molecule has 1 rings (SSSR count). The van der Waals surface area contributed by atoms with Crippen LogP contribution in [0.5, 0.6) is 0 Å². The van der Waals surface area contributed by atoms with Crippen molar-refractivity contribution in [3.63, 3.8) is 0 Å². The number of ether oxygens (including phenoxy) is 4. The van der Waals surface area contributed by atoms with E-state index in [1.807, 2.05) is 0 Å². The van der Waals surface area contributed by atoms with Crippen molar-refractivity contribution in [1.82, 2.24) is 0 Å². The Morgan fingerprint density at radius 1 is 1.17 bits per heavy atom. The van der Waals surface area contributed by atoms with E-state index >= 15 is 0 Å². The number of carbonyl (C=O) groups excluding carboxylic acids is 3. The van der Waals surface area contributed by atoms with Crippen LogP contribution in [0.15, 0.2) is 5.11 Å². The van der Waals surface area contributed by atoms with E-state index in [4.69, 9.17) is 24.5 Å². The average molecular weight is 340 g/mol. The second-order valence-corrected chi connectivity index (χ2v) is 4.87. The summed E-state index contributed by atoms with van der Waals surface area (Å²) in [6.45, 7) is 3.05. The molecule has 0 aromatic rings. The first-order valence-corrected chi connectivity index (χ1v) is 6.87. The van der Waals surface area contributed by atoms with Crippen LogP contribution in [-0.2, 0) is 33.3 Å². The maximum atomic E-state index is 11.3. The Balaban J connectivity index is 3.20. The minimum Gasteiger partial charge on any atom is -0.463 e. The van der Waals surface area contributed by atoms with E-state index in [1.54, 1.807) is 6.07 Å². The highest BCUT2D eigenvalue weighted by Gasteiger charge is 2.50. The third kappa shape index (κ3) is 5.12. The number of hydrogen-bond donors (Lipinski definition) is 0. The Morgan fingerprint density at radius 3 is 2.21 bits per heavy atom. The van der Waals surface area contributed by atoms with Gasteiger partial charge in [-0.25, -0.2) is 0 Å². The first-order valence-electron chi connectivity index (χ1n) is 6.87. The summed E-state index contributed by atoms with van der Waals surface area (Å²) in [4.78, 5) is 36.2. The van der Waals surface area contributed by atoms with Crippen LogP contribution in [0.25, 0.3) is 10.4 Å². The largest absolute Gasteiger partial charge is 0.463 e. The van der Waals surface area contributed by atoms with Crippen LogP contribution in [0.4, 0.5) is 0 Å². The summed E-state index contributed by atoms with van der Waals surface area (Å²) in [6, 6.07) is 0.555. The van der Waals surface area contributed by atoms with Crippen LogP contribution in [0.3, 0.4) is 0 Å². The van der Waals surface area contributed by atoms with E-state index < -0.39 is 48.4 Å². The van der Waals surface area contributed by atoms with Crippen LogP contribution in [0.1, 0.15) is 20.8 Å². The molecule has 11 heteroatoms. The van der Waals surface area contributed by atoms with Crippen LogP contribution in [0.2, 0.25) is 0 Å². The van der Waals surface area contributed by atoms with Crippen LogP contribution < -0.4 is 0 Å². The highest BCUT2D eigenvalue weighted by Crippen LogP contribution is 2.28. The standard InChI is InChI=1S/C13H16N4O7/c1-6(18)21-5-10-13(23-8(3)20)11(16-17-15)12(22-7(2)19)9(4-14)24-10/h9-13H,5H2,1-3H3/t9-,10+,11?,12-,13-/m0/s1. The quantitative estimate of drug-likeness (QED) is 0.228. The van der Waals surface area contributed by atoms with Gasteiger partial charge in [-0.1, -0.05) is 5.11 Å². The molecule has 0 N–H and O–H groups in total. The van der Waals surface area contributed by atoms with Crippen molar-refractivity contribution in [3.05, 3.63) is 10.4 Å². The van der Waals surface area contributed by atoms with Crippen LogP contribution >= 0.6 is 0 Å². The van der Waals surface area contributed by atoms with E-state index in [2.05, 4.69) is 10.0 Å². The third-order valence-corrected chi connectivity index (χ3v) is 3.03. The molecule has 0 aromatic heterocycles. The zero-order valence-corrected chi connectivity index (χ0v) is 13.2. The molecule has 1 saturated heterocycles. The molecule has 0 aromatic carbocycles. The van der Waals surface area contributed by atoms with Gasteiger partial charge in [0.15, 0.2) is 12.2 Å². The molecule has 11 nitrogen and oxygen atoms in total. The predicted molar refractivity (Wildman–Crippen MR) is 74.9 cm³/mol. The van der Waals surface area contributed by atoms with Crippen molar-refractivity contribution < 1.29 is 33.3 Å². The fourth-order valence-corrected chi connectivity index (χ4v) is 2.22. The highest BCUT2D eigenvalue weighted by atomic mass is 16.6. The number of rotatable bonds is 5. The Bertz CT molecular complexity index is 596. The lowest BCUT2D eigenvalue weighted by molar-refractivity contribution is -0.206. The molecule has 130 valence electrons. The van der Waals surface area contributed by atoms with Gasteiger partial charge in [-0.3, -0.25) is 14.4 Å². The molecule has 1 heterocycles. The summed E-state index contributed by atoms with van der Waals surface area (Å²) in [5, 5.41) is 12.7. The Hall–Kier alpha value is -2.83. The number of nitrogens with zero attached hydrogens (tertiary/aromatic N) is 4. The average Bonchev–Trinajstić information content (AvgIpc) is 2.48. The summed E-state index contributed by atoms with van der Waals surface area (Å²) in [6.07, 6.45) is -4.84. The van der Waals surface area contributed by atoms with Crippen molar-refractivity contribution in [2.45, 2.75) is 51.2 Å². The molecule has 5 atom stereocenters. The van der Waals surface area contributed by atoms with Gasteiger partial charge in [0, 0.05) is 25.7 Å². The summed E-state index contributed by atoms with van der Waals surface area (Å²) in [7, 11) is 0. The van der Waals surface area contributed by atoms with Gasteiger partial charge in [-0.2, -0.15) is 5.26 Å². The topological polar surface area (TPSA) is 161 Å². The van der Waals surface area contributed by atoms with Crippen molar-refractivity contribution in [3.8, 4) is 6.07 Å².